The first-order valence-corrected chi connectivity index (χ1v) is 13.4. The van der Waals surface area contributed by atoms with Crippen LogP contribution in [0, 0.1) is 0 Å². The van der Waals surface area contributed by atoms with Gasteiger partial charge in [0, 0.05) is 6.42 Å². The maximum Gasteiger partial charge on any atom is 0.122 e. The number of hydrogen-bond acceptors (Lipinski definition) is 1. The molecule has 0 amide bonds. The summed E-state index contributed by atoms with van der Waals surface area (Å²) in [6, 6.07) is 51.5. The Morgan fingerprint density at radius 3 is 1.77 bits per heavy atom. The molecule has 0 heterocycles. The van der Waals surface area contributed by atoms with Crippen molar-refractivity contribution in [1.82, 2.24) is 0 Å². The van der Waals surface area contributed by atoms with Gasteiger partial charge in [0.2, 0.25) is 0 Å². The lowest BCUT2D eigenvalue weighted by Crippen LogP contribution is -1.99. The smallest absolute Gasteiger partial charge is 0.122 e. The summed E-state index contributed by atoms with van der Waals surface area (Å²) in [5, 5.41) is 2.52. The molecule has 0 saturated carbocycles. The molecule has 1 nitrogen and oxygen atoms in total. The molecule has 0 spiro atoms. The van der Waals surface area contributed by atoms with Crippen molar-refractivity contribution < 1.29 is 4.74 Å². The highest BCUT2D eigenvalue weighted by Gasteiger charge is 2.16. The summed E-state index contributed by atoms with van der Waals surface area (Å²) in [4.78, 5) is 0. The summed E-state index contributed by atoms with van der Waals surface area (Å²) < 4.78 is 5.77. The minimum Gasteiger partial charge on any atom is -0.496 e. The minimum atomic E-state index is 0.766. The molecule has 39 heavy (non-hydrogen) atoms. The largest absolute Gasteiger partial charge is 0.496 e. The first-order chi connectivity index (χ1) is 19.3. The minimum absolute atomic E-state index is 0.766. The van der Waals surface area contributed by atoms with Crippen LogP contribution in [0.25, 0.3) is 33.5 Å². The fraction of sp³-hybridized carbons (Fsp3) is 0.0526. The van der Waals surface area contributed by atoms with E-state index in [1.807, 2.05) is 12.1 Å². The lowest BCUT2D eigenvalue weighted by Gasteiger charge is -2.18. The van der Waals surface area contributed by atoms with E-state index in [4.69, 9.17) is 4.74 Å². The molecule has 0 radical (unpaired) electrons. The molecule has 0 N–H and O–H groups in total. The number of para-hydroxylation sites is 1. The van der Waals surface area contributed by atoms with Gasteiger partial charge in [-0.3, -0.25) is 0 Å². The van der Waals surface area contributed by atoms with Crippen molar-refractivity contribution in [2.75, 3.05) is 7.11 Å². The Labute approximate surface area is 230 Å². The number of hydrogen-bond donors (Lipinski definition) is 0. The third-order valence-electron chi connectivity index (χ3n) is 7.30. The molecule has 0 aliphatic heterocycles. The first-order valence-electron chi connectivity index (χ1n) is 13.4. The molecular formula is C38H30O. The molecule has 6 aromatic rings. The molecule has 0 bridgehead atoms. The fourth-order valence-corrected chi connectivity index (χ4v) is 5.40. The average molecular weight is 503 g/mol. The lowest BCUT2D eigenvalue weighted by molar-refractivity contribution is 0.410. The van der Waals surface area contributed by atoms with E-state index in [2.05, 4.69) is 140 Å². The summed E-state index contributed by atoms with van der Waals surface area (Å²) >= 11 is 0. The number of benzene rings is 6. The summed E-state index contributed by atoms with van der Waals surface area (Å²) in [6.45, 7) is 0. The van der Waals surface area contributed by atoms with Crippen LogP contribution in [0.1, 0.15) is 27.8 Å². The van der Waals surface area contributed by atoms with Crippen LogP contribution in [0.2, 0.25) is 0 Å². The predicted molar refractivity (Wildman–Crippen MR) is 165 cm³/mol. The fourth-order valence-electron chi connectivity index (χ4n) is 5.40. The Morgan fingerprint density at radius 2 is 1.13 bits per heavy atom. The van der Waals surface area contributed by atoms with Gasteiger partial charge < -0.3 is 4.74 Å². The van der Waals surface area contributed by atoms with E-state index in [1.165, 1.54) is 55.3 Å². The zero-order valence-electron chi connectivity index (χ0n) is 22.0. The van der Waals surface area contributed by atoms with Gasteiger partial charge in [-0.1, -0.05) is 133 Å². The standard InChI is InChI=1S/C38H30O/c1-39-38-24-14-11-21-31(38)25-37-32(26-35(28-15-5-2-6-16-28)29-17-7-3-8-18-29)27-36(30-19-9-4-10-20-30)33-22-12-13-23-34(33)37/h2-24,26-27H,25H2,1H3. The van der Waals surface area contributed by atoms with E-state index < -0.39 is 0 Å². The van der Waals surface area contributed by atoms with Crippen LogP contribution in [0.3, 0.4) is 0 Å². The van der Waals surface area contributed by atoms with Crippen molar-refractivity contribution in [3.63, 3.8) is 0 Å². The zero-order valence-corrected chi connectivity index (χ0v) is 22.0. The highest BCUT2D eigenvalue weighted by molar-refractivity contribution is 6.03. The van der Waals surface area contributed by atoms with E-state index >= 15 is 0 Å². The molecule has 1 heteroatoms. The van der Waals surface area contributed by atoms with Gasteiger partial charge in [0.05, 0.1) is 7.11 Å². The third kappa shape index (κ3) is 5.12. The molecule has 0 aromatic heterocycles. The molecule has 6 rings (SSSR count). The second kappa shape index (κ2) is 11.2. The molecule has 0 aliphatic rings. The third-order valence-corrected chi connectivity index (χ3v) is 7.30. The SMILES string of the molecule is COc1ccccc1Cc1c(C=C(c2ccccc2)c2ccccc2)cc(-c2ccccc2)c2ccccc12. The predicted octanol–water partition coefficient (Wildman–Crippen LogP) is 9.70. The quantitative estimate of drug-likeness (QED) is 0.197. The van der Waals surface area contributed by atoms with Crippen molar-refractivity contribution in [2.45, 2.75) is 6.42 Å². The van der Waals surface area contributed by atoms with Gasteiger partial charge in [-0.15, -0.1) is 0 Å². The number of fused-ring (bicyclic) bond motifs is 1. The molecular weight excluding hydrogens is 472 g/mol. The first kappa shape index (κ1) is 24.5. The van der Waals surface area contributed by atoms with Crippen molar-refractivity contribution >= 4 is 22.4 Å². The molecule has 0 unspecified atom stereocenters. The molecule has 0 saturated heterocycles. The molecule has 0 atom stereocenters. The molecule has 0 fully saturated rings. The summed E-state index contributed by atoms with van der Waals surface area (Å²) in [5.74, 6) is 0.912. The van der Waals surface area contributed by atoms with Gasteiger partial charge in [0.15, 0.2) is 0 Å². The van der Waals surface area contributed by atoms with E-state index in [-0.39, 0.29) is 0 Å². The van der Waals surface area contributed by atoms with Gasteiger partial charge in [-0.2, -0.15) is 0 Å². The maximum atomic E-state index is 5.77. The van der Waals surface area contributed by atoms with Gasteiger partial charge in [0.25, 0.3) is 0 Å². The van der Waals surface area contributed by atoms with Gasteiger partial charge in [-0.25, -0.2) is 0 Å². The number of rotatable bonds is 7. The monoisotopic (exact) mass is 502 g/mol. The lowest BCUT2D eigenvalue weighted by atomic mass is 9.86. The zero-order chi connectivity index (χ0) is 26.4. The normalized spacial score (nSPS) is 10.8. The van der Waals surface area contributed by atoms with Gasteiger partial charge in [0.1, 0.15) is 5.75 Å². The van der Waals surface area contributed by atoms with Crippen molar-refractivity contribution in [3.8, 4) is 16.9 Å². The van der Waals surface area contributed by atoms with Crippen molar-refractivity contribution in [1.29, 1.82) is 0 Å². The highest BCUT2D eigenvalue weighted by atomic mass is 16.5. The van der Waals surface area contributed by atoms with Crippen LogP contribution >= 0.6 is 0 Å². The average Bonchev–Trinajstić information content (AvgIpc) is 3.02. The van der Waals surface area contributed by atoms with E-state index in [9.17, 15) is 0 Å². The van der Waals surface area contributed by atoms with Crippen LogP contribution in [0.5, 0.6) is 5.75 Å². The summed E-state index contributed by atoms with van der Waals surface area (Å²) in [5.41, 5.74) is 9.72. The Balaban J connectivity index is 1.66. The van der Waals surface area contributed by atoms with Crippen LogP contribution < -0.4 is 4.74 Å². The van der Waals surface area contributed by atoms with Crippen LogP contribution in [-0.4, -0.2) is 7.11 Å². The van der Waals surface area contributed by atoms with E-state index in [1.54, 1.807) is 7.11 Å². The molecule has 0 aliphatic carbocycles. The van der Waals surface area contributed by atoms with Crippen LogP contribution in [0.15, 0.2) is 146 Å². The molecule has 6 aromatic carbocycles. The Morgan fingerprint density at radius 1 is 0.590 bits per heavy atom. The van der Waals surface area contributed by atoms with E-state index in [0.717, 1.165) is 12.2 Å². The maximum absolute atomic E-state index is 5.77. The Bertz CT molecular complexity index is 1690. The van der Waals surface area contributed by atoms with Gasteiger partial charge >= 0.3 is 0 Å². The topological polar surface area (TPSA) is 9.23 Å². The van der Waals surface area contributed by atoms with Crippen molar-refractivity contribution in [2.24, 2.45) is 0 Å². The van der Waals surface area contributed by atoms with Crippen LogP contribution in [-0.2, 0) is 6.42 Å². The Hall–Kier alpha value is -4.88. The second-order valence-electron chi connectivity index (χ2n) is 9.68. The highest BCUT2D eigenvalue weighted by Crippen LogP contribution is 2.38. The van der Waals surface area contributed by atoms with E-state index in [0.29, 0.717) is 0 Å². The van der Waals surface area contributed by atoms with Gasteiger partial charge in [-0.05, 0) is 73.5 Å². The molecule has 188 valence electrons. The summed E-state index contributed by atoms with van der Waals surface area (Å²) in [7, 11) is 1.75. The second-order valence-corrected chi connectivity index (χ2v) is 9.68. The summed E-state index contributed by atoms with van der Waals surface area (Å²) in [6.07, 6.45) is 3.14. The van der Waals surface area contributed by atoms with Crippen LogP contribution in [0.4, 0.5) is 0 Å². The number of ether oxygens (including phenoxy) is 1. The van der Waals surface area contributed by atoms with Crippen molar-refractivity contribution in [3.05, 3.63) is 173 Å². The number of methoxy groups -OCH3 is 1. The Kier molecular flexibility index (Phi) is 7.05.